The van der Waals surface area contributed by atoms with Gasteiger partial charge in [0.05, 0.1) is 11.5 Å². The van der Waals surface area contributed by atoms with Crippen molar-refractivity contribution in [2.45, 2.75) is 71.6 Å². The molecule has 0 saturated carbocycles. The molecule has 1 fully saturated rings. The van der Waals surface area contributed by atoms with E-state index >= 15 is 0 Å². The predicted octanol–water partition coefficient (Wildman–Crippen LogP) is 3.12. The topological polar surface area (TPSA) is 70.6 Å². The molecule has 2 N–H and O–H groups in total. The fraction of sp³-hybridized carbons (Fsp3) is 0.944. The quantitative estimate of drug-likeness (QED) is 0.319. The van der Waals surface area contributed by atoms with Crippen molar-refractivity contribution >= 4 is 15.8 Å². The molecule has 1 aliphatic heterocycles. The number of aliphatic imine (C=N–C) groups is 1. The van der Waals surface area contributed by atoms with Gasteiger partial charge in [0.1, 0.15) is 0 Å². The second-order valence-corrected chi connectivity index (χ2v) is 9.12. The highest BCUT2D eigenvalue weighted by Crippen LogP contribution is 2.18. The van der Waals surface area contributed by atoms with E-state index in [9.17, 15) is 8.42 Å². The highest BCUT2D eigenvalue weighted by atomic mass is 32.2. The molecule has 0 aromatic carbocycles. The van der Waals surface area contributed by atoms with Crippen LogP contribution in [0.15, 0.2) is 4.99 Å². The van der Waals surface area contributed by atoms with Crippen molar-refractivity contribution < 1.29 is 8.42 Å². The number of hydrogen-bond donors (Lipinski definition) is 2. The first-order chi connectivity index (χ1) is 11.6. The molecule has 1 rings (SSSR count). The summed E-state index contributed by atoms with van der Waals surface area (Å²) in [6, 6.07) is 0. The lowest BCUT2D eigenvalue weighted by molar-refractivity contribution is 0.569. The van der Waals surface area contributed by atoms with Crippen LogP contribution in [0.1, 0.15) is 71.6 Å². The lowest BCUT2D eigenvalue weighted by Gasteiger charge is -2.12. The largest absolute Gasteiger partial charge is 0.357 e. The average molecular weight is 360 g/mol. The fourth-order valence-corrected chi connectivity index (χ4v) is 4.89. The highest BCUT2D eigenvalue weighted by molar-refractivity contribution is 7.91. The number of rotatable bonds is 12. The van der Waals surface area contributed by atoms with Crippen molar-refractivity contribution in [3.05, 3.63) is 0 Å². The molecule has 1 unspecified atom stereocenters. The number of guanidine groups is 1. The number of nitrogens with zero attached hydrogens (tertiary/aromatic N) is 1. The number of nitrogens with one attached hydrogen (secondary N) is 2. The van der Waals surface area contributed by atoms with Crippen LogP contribution in [-0.4, -0.2) is 45.5 Å². The molecule has 0 aliphatic carbocycles. The second-order valence-electron chi connectivity index (χ2n) is 6.89. The molecule has 1 atom stereocenters. The maximum absolute atomic E-state index is 11.5. The van der Waals surface area contributed by atoms with Crippen LogP contribution in [0.5, 0.6) is 0 Å². The molecular weight excluding hydrogens is 322 g/mol. The maximum Gasteiger partial charge on any atom is 0.191 e. The van der Waals surface area contributed by atoms with Crippen LogP contribution >= 0.6 is 0 Å². The number of sulfone groups is 1. The van der Waals surface area contributed by atoms with E-state index in [2.05, 4.69) is 22.5 Å². The van der Waals surface area contributed by atoms with Crippen LogP contribution in [0.3, 0.4) is 0 Å². The molecular formula is C18H37N3O2S. The van der Waals surface area contributed by atoms with E-state index in [0.717, 1.165) is 31.9 Å². The zero-order chi connectivity index (χ0) is 17.7. The standard InChI is InChI=1S/C18H37N3O2S/c1-3-5-6-7-8-9-10-11-13-20-18(19-4-2)21-15-17-12-14-24(22,23)16-17/h17H,3-16H2,1-2H3,(H2,19,20,21). The van der Waals surface area contributed by atoms with Gasteiger partial charge in [-0.2, -0.15) is 0 Å². The Hall–Kier alpha value is -0.780. The zero-order valence-electron chi connectivity index (χ0n) is 15.6. The molecule has 0 amide bonds. The molecule has 0 radical (unpaired) electrons. The Morgan fingerprint density at radius 1 is 1.00 bits per heavy atom. The van der Waals surface area contributed by atoms with Gasteiger partial charge in [0.2, 0.25) is 0 Å². The molecule has 1 heterocycles. The Balaban J connectivity index is 2.13. The Kier molecular flexibility index (Phi) is 11.1. The summed E-state index contributed by atoms with van der Waals surface area (Å²) in [7, 11) is -2.80. The minimum Gasteiger partial charge on any atom is -0.357 e. The van der Waals surface area contributed by atoms with Crippen LogP contribution in [0.4, 0.5) is 0 Å². The third-order valence-electron chi connectivity index (χ3n) is 4.50. The van der Waals surface area contributed by atoms with E-state index in [4.69, 9.17) is 0 Å². The van der Waals surface area contributed by atoms with Gasteiger partial charge in [0.15, 0.2) is 15.8 Å². The average Bonchev–Trinajstić information content (AvgIpc) is 2.90. The SMILES string of the molecule is CCCCCCCCCCNC(=NCC1CCS(=O)(=O)C1)NCC. The summed E-state index contributed by atoms with van der Waals surface area (Å²) < 4.78 is 23.0. The van der Waals surface area contributed by atoms with Crippen LogP contribution < -0.4 is 10.6 Å². The van der Waals surface area contributed by atoms with Gasteiger partial charge in [-0.05, 0) is 25.7 Å². The summed E-state index contributed by atoms with van der Waals surface area (Å²) in [6.45, 7) is 6.66. The number of hydrogen-bond acceptors (Lipinski definition) is 3. The summed E-state index contributed by atoms with van der Waals surface area (Å²) in [5.74, 6) is 1.64. The van der Waals surface area contributed by atoms with Crippen molar-refractivity contribution in [1.82, 2.24) is 10.6 Å². The third kappa shape index (κ3) is 10.2. The summed E-state index contributed by atoms with van der Waals surface area (Å²) in [5.41, 5.74) is 0. The molecule has 0 aromatic heterocycles. The first kappa shape index (κ1) is 21.3. The van der Waals surface area contributed by atoms with Gasteiger partial charge in [-0.3, -0.25) is 4.99 Å². The molecule has 6 heteroatoms. The van der Waals surface area contributed by atoms with Crippen LogP contribution in [0, 0.1) is 5.92 Å². The molecule has 24 heavy (non-hydrogen) atoms. The minimum atomic E-state index is -2.80. The molecule has 0 bridgehead atoms. The van der Waals surface area contributed by atoms with Gasteiger partial charge in [-0.15, -0.1) is 0 Å². The summed E-state index contributed by atoms with van der Waals surface area (Å²) in [4.78, 5) is 4.56. The molecule has 0 aromatic rings. The Labute approximate surface area is 149 Å². The fourth-order valence-electron chi connectivity index (χ4n) is 3.04. The molecule has 1 saturated heterocycles. The van der Waals surface area contributed by atoms with Crippen LogP contribution in [0.2, 0.25) is 0 Å². The van der Waals surface area contributed by atoms with E-state index in [1.165, 1.54) is 44.9 Å². The third-order valence-corrected chi connectivity index (χ3v) is 6.34. The summed E-state index contributed by atoms with van der Waals surface area (Å²) in [6.07, 6.45) is 11.3. The Morgan fingerprint density at radius 2 is 1.67 bits per heavy atom. The van der Waals surface area contributed by atoms with E-state index in [0.29, 0.717) is 18.1 Å². The second kappa shape index (κ2) is 12.6. The van der Waals surface area contributed by atoms with Gasteiger partial charge in [-0.25, -0.2) is 8.42 Å². The van der Waals surface area contributed by atoms with Crippen molar-refractivity contribution in [3.8, 4) is 0 Å². The van der Waals surface area contributed by atoms with E-state index in [-0.39, 0.29) is 5.92 Å². The van der Waals surface area contributed by atoms with Gasteiger partial charge in [0, 0.05) is 19.6 Å². The molecule has 5 nitrogen and oxygen atoms in total. The van der Waals surface area contributed by atoms with Crippen molar-refractivity contribution in [2.24, 2.45) is 10.9 Å². The molecule has 1 aliphatic rings. The smallest absolute Gasteiger partial charge is 0.191 e. The van der Waals surface area contributed by atoms with Crippen molar-refractivity contribution in [2.75, 3.05) is 31.1 Å². The number of unbranched alkanes of at least 4 members (excludes halogenated alkanes) is 7. The van der Waals surface area contributed by atoms with Crippen LogP contribution in [-0.2, 0) is 9.84 Å². The Bertz CT molecular complexity index is 449. The monoisotopic (exact) mass is 359 g/mol. The summed E-state index contributed by atoms with van der Waals surface area (Å²) >= 11 is 0. The first-order valence-corrected chi connectivity index (χ1v) is 11.6. The van der Waals surface area contributed by atoms with Gasteiger partial charge >= 0.3 is 0 Å². The predicted molar refractivity (Wildman–Crippen MR) is 103 cm³/mol. The van der Waals surface area contributed by atoms with E-state index in [1.54, 1.807) is 0 Å². The normalized spacial score (nSPS) is 20.2. The zero-order valence-corrected chi connectivity index (χ0v) is 16.5. The highest BCUT2D eigenvalue weighted by Gasteiger charge is 2.27. The van der Waals surface area contributed by atoms with Gasteiger partial charge in [0.25, 0.3) is 0 Å². The molecule has 0 spiro atoms. The minimum absolute atomic E-state index is 0.188. The summed E-state index contributed by atoms with van der Waals surface area (Å²) in [5, 5.41) is 6.61. The van der Waals surface area contributed by atoms with E-state index in [1.807, 2.05) is 6.92 Å². The lowest BCUT2D eigenvalue weighted by atomic mass is 10.1. The van der Waals surface area contributed by atoms with Gasteiger partial charge in [-0.1, -0.05) is 51.9 Å². The maximum atomic E-state index is 11.5. The van der Waals surface area contributed by atoms with Crippen LogP contribution in [0.25, 0.3) is 0 Å². The van der Waals surface area contributed by atoms with Gasteiger partial charge < -0.3 is 10.6 Å². The Morgan fingerprint density at radius 3 is 2.25 bits per heavy atom. The first-order valence-electron chi connectivity index (χ1n) is 9.80. The van der Waals surface area contributed by atoms with Crippen molar-refractivity contribution in [1.29, 1.82) is 0 Å². The van der Waals surface area contributed by atoms with E-state index < -0.39 is 9.84 Å². The molecule has 142 valence electrons. The lowest BCUT2D eigenvalue weighted by Crippen LogP contribution is -2.38. The van der Waals surface area contributed by atoms with Crippen molar-refractivity contribution in [3.63, 3.8) is 0 Å².